The number of thiazole rings is 1. The van der Waals surface area contributed by atoms with Crippen molar-refractivity contribution in [3.8, 4) is 0 Å². The number of nitrogens with zero attached hydrogens (tertiary/aromatic N) is 2. The zero-order valence-electron chi connectivity index (χ0n) is 9.77. The number of hydrogen-bond acceptors (Lipinski definition) is 4. The smallest absolute Gasteiger partial charge is 0.187 e. The van der Waals surface area contributed by atoms with Crippen molar-refractivity contribution in [2.75, 3.05) is 24.7 Å². The molecule has 2 N–H and O–H groups in total. The highest BCUT2D eigenvalue weighted by Crippen LogP contribution is 2.28. The zero-order valence-corrected chi connectivity index (χ0v) is 10.6. The van der Waals surface area contributed by atoms with E-state index in [0.29, 0.717) is 12.2 Å². The summed E-state index contributed by atoms with van der Waals surface area (Å²) in [5.41, 5.74) is 6.89. The molecule has 0 radical (unpaired) electrons. The molecule has 0 fully saturated rings. The highest BCUT2D eigenvalue weighted by molar-refractivity contribution is 7.16. The highest BCUT2D eigenvalue weighted by atomic mass is 32.1. The second-order valence-corrected chi connectivity index (χ2v) is 5.06. The predicted molar refractivity (Wildman–Crippen MR) is 70.1 cm³/mol. The van der Waals surface area contributed by atoms with Crippen molar-refractivity contribution in [2.45, 2.75) is 6.42 Å². The second-order valence-electron chi connectivity index (χ2n) is 4.00. The standard InChI is InChI=1S/C12H14FN3S/c1-16(2)12-15-11(14)10(17-12)7-8-3-5-9(13)6-4-8/h3-6H,7,14H2,1-2H3. The lowest BCUT2D eigenvalue weighted by molar-refractivity contribution is 0.627. The molecule has 0 unspecified atom stereocenters. The van der Waals surface area contributed by atoms with Crippen molar-refractivity contribution in [2.24, 2.45) is 0 Å². The Kier molecular flexibility index (Phi) is 3.28. The van der Waals surface area contributed by atoms with Crippen LogP contribution in [-0.4, -0.2) is 19.1 Å². The molecule has 0 atom stereocenters. The lowest BCUT2D eigenvalue weighted by Gasteiger charge is -2.05. The van der Waals surface area contributed by atoms with Crippen LogP contribution in [0.5, 0.6) is 0 Å². The van der Waals surface area contributed by atoms with Crippen molar-refractivity contribution >= 4 is 22.3 Å². The molecule has 1 aromatic heterocycles. The molecular formula is C12H14FN3S. The highest BCUT2D eigenvalue weighted by Gasteiger charge is 2.10. The van der Waals surface area contributed by atoms with Gasteiger partial charge in [-0.1, -0.05) is 23.5 Å². The Bertz CT molecular complexity index is 505. The molecule has 17 heavy (non-hydrogen) atoms. The van der Waals surface area contributed by atoms with Gasteiger partial charge in [-0.15, -0.1) is 0 Å². The first-order valence-corrected chi connectivity index (χ1v) is 6.05. The molecule has 0 bridgehead atoms. The van der Waals surface area contributed by atoms with E-state index in [2.05, 4.69) is 4.98 Å². The molecule has 2 aromatic rings. The van der Waals surface area contributed by atoms with Gasteiger partial charge in [-0.25, -0.2) is 9.37 Å². The molecule has 0 aliphatic rings. The molecule has 1 heterocycles. The van der Waals surface area contributed by atoms with Crippen LogP contribution in [0.4, 0.5) is 15.3 Å². The molecule has 0 saturated heterocycles. The van der Waals surface area contributed by atoms with Crippen molar-refractivity contribution in [1.29, 1.82) is 0 Å². The molecule has 0 amide bonds. The maximum absolute atomic E-state index is 12.8. The predicted octanol–water partition coefficient (Wildman–Crippen LogP) is 2.52. The van der Waals surface area contributed by atoms with Crippen LogP contribution < -0.4 is 10.6 Å². The van der Waals surface area contributed by atoms with Gasteiger partial charge < -0.3 is 10.6 Å². The topological polar surface area (TPSA) is 42.2 Å². The largest absolute Gasteiger partial charge is 0.383 e. The molecule has 0 spiro atoms. The van der Waals surface area contributed by atoms with E-state index in [0.717, 1.165) is 15.6 Å². The Labute approximate surface area is 104 Å². The van der Waals surface area contributed by atoms with Crippen molar-refractivity contribution in [3.63, 3.8) is 0 Å². The van der Waals surface area contributed by atoms with E-state index in [1.165, 1.54) is 12.1 Å². The number of halogens is 1. The van der Waals surface area contributed by atoms with E-state index in [4.69, 9.17) is 5.73 Å². The van der Waals surface area contributed by atoms with Gasteiger partial charge in [0.05, 0.1) is 4.88 Å². The van der Waals surface area contributed by atoms with Gasteiger partial charge >= 0.3 is 0 Å². The minimum atomic E-state index is -0.222. The van der Waals surface area contributed by atoms with Crippen molar-refractivity contribution < 1.29 is 4.39 Å². The van der Waals surface area contributed by atoms with Crippen molar-refractivity contribution in [3.05, 3.63) is 40.5 Å². The Hall–Kier alpha value is -1.62. The van der Waals surface area contributed by atoms with E-state index in [-0.39, 0.29) is 5.82 Å². The first-order valence-electron chi connectivity index (χ1n) is 5.23. The fraction of sp³-hybridized carbons (Fsp3) is 0.250. The van der Waals surface area contributed by atoms with Crippen LogP contribution in [0.25, 0.3) is 0 Å². The number of anilines is 2. The van der Waals surface area contributed by atoms with Gasteiger partial charge in [0.1, 0.15) is 11.6 Å². The van der Waals surface area contributed by atoms with Gasteiger partial charge in [0.25, 0.3) is 0 Å². The number of nitrogen functional groups attached to an aromatic ring is 1. The molecule has 0 aliphatic carbocycles. The van der Waals surface area contributed by atoms with E-state index < -0.39 is 0 Å². The average Bonchev–Trinajstić information content (AvgIpc) is 2.64. The number of nitrogens with two attached hydrogens (primary N) is 1. The van der Waals surface area contributed by atoms with Gasteiger partial charge in [-0.05, 0) is 17.7 Å². The fourth-order valence-corrected chi connectivity index (χ4v) is 2.39. The fourth-order valence-electron chi connectivity index (χ4n) is 1.46. The molecule has 0 saturated carbocycles. The number of aromatic nitrogens is 1. The van der Waals surface area contributed by atoms with Gasteiger partial charge in [0.15, 0.2) is 5.13 Å². The molecular weight excluding hydrogens is 237 g/mol. The van der Waals surface area contributed by atoms with Gasteiger partial charge in [-0.3, -0.25) is 0 Å². The van der Waals surface area contributed by atoms with Crippen LogP contribution in [0.1, 0.15) is 10.4 Å². The summed E-state index contributed by atoms with van der Waals surface area (Å²) in [6, 6.07) is 6.45. The summed E-state index contributed by atoms with van der Waals surface area (Å²) < 4.78 is 12.8. The van der Waals surface area contributed by atoms with Crippen LogP contribution in [-0.2, 0) is 6.42 Å². The SMILES string of the molecule is CN(C)c1nc(N)c(Cc2ccc(F)cc2)s1. The second kappa shape index (κ2) is 4.71. The Morgan fingerprint density at radius 2 is 1.94 bits per heavy atom. The molecule has 0 aliphatic heterocycles. The van der Waals surface area contributed by atoms with Crippen LogP contribution in [0, 0.1) is 5.82 Å². The maximum atomic E-state index is 12.8. The lowest BCUT2D eigenvalue weighted by Crippen LogP contribution is -2.07. The summed E-state index contributed by atoms with van der Waals surface area (Å²) in [6.07, 6.45) is 0.692. The summed E-state index contributed by atoms with van der Waals surface area (Å²) in [4.78, 5) is 7.21. The first kappa shape index (κ1) is 11.9. The van der Waals surface area contributed by atoms with Gasteiger partial charge in [0.2, 0.25) is 0 Å². The third-order valence-electron chi connectivity index (χ3n) is 2.38. The number of benzene rings is 1. The van der Waals surface area contributed by atoms with E-state index in [9.17, 15) is 4.39 Å². The summed E-state index contributed by atoms with van der Waals surface area (Å²) in [7, 11) is 3.86. The van der Waals surface area contributed by atoms with Crippen LogP contribution in [0.15, 0.2) is 24.3 Å². The average molecular weight is 251 g/mol. The Balaban J connectivity index is 2.21. The van der Waals surface area contributed by atoms with E-state index in [1.807, 2.05) is 19.0 Å². The van der Waals surface area contributed by atoms with Gasteiger partial charge in [-0.2, -0.15) is 0 Å². The first-order chi connectivity index (χ1) is 8.06. The quantitative estimate of drug-likeness (QED) is 0.911. The van der Waals surface area contributed by atoms with E-state index in [1.54, 1.807) is 23.5 Å². The van der Waals surface area contributed by atoms with Crippen LogP contribution in [0.3, 0.4) is 0 Å². The minimum absolute atomic E-state index is 0.222. The molecule has 90 valence electrons. The number of rotatable bonds is 3. The van der Waals surface area contributed by atoms with Gasteiger partial charge in [0, 0.05) is 20.5 Å². The summed E-state index contributed by atoms with van der Waals surface area (Å²) in [6.45, 7) is 0. The normalized spacial score (nSPS) is 10.5. The molecule has 5 heteroatoms. The zero-order chi connectivity index (χ0) is 12.4. The van der Waals surface area contributed by atoms with Crippen LogP contribution in [0.2, 0.25) is 0 Å². The third-order valence-corrected chi connectivity index (χ3v) is 3.62. The van der Waals surface area contributed by atoms with Crippen LogP contribution >= 0.6 is 11.3 Å². The monoisotopic (exact) mass is 251 g/mol. The van der Waals surface area contributed by atoms with Crippen molar-refractivity contribution in [1.82, 2.24) is 4.98 Å². The number of hydrogen-bond donors (Lipinski definition) is 1. The lowest BCUT2D eigenvalue weighted by atomic mass is 10.1. The Morgan fingerprint density at radius 3 is 2.47 bits per heavy atom. The molecule has 3 nitrogen and oxygen atoms in total. The summed E-state index contributed by atoms with van der Waals surface area (Å²) in [5.74, 6) is 0.336. The maximum Gasteiger partial charge on any atom is 0.187 e. The molecule has 2 rings (SSSR count). The summed E-state index contributed by atoms with van der Waals surface area (Å²) in [5, 5.41) is 0.889. The summed E-state index contributed by atoms with van der Waals surface area (Å²) >= 11 is 1.56. The minimum Gasteiger partial charge on any atom is -0.383 e. The Morgan fingerprint density at radius 1 is 1.29 bits per heavy atom. The third kappa shape index (κ3) is 2.74. The molecule has 1 aromatic carbocycles. The van der Waals surface area contributed by atoms with E-state index >= 15 is 0 Å².